The zero-order valence-electron chi connectivity index (χ0n) is 15.1. The van der Waals surface area contributed by atoms with Crippen molar-refractivity contribution in [2.24, 2.45) is 0 Å². The van der Waals surface area contributed by atoms with Gasteiger partial charge in [0.1, 0.15) is 5.75 Å². The first-order chi connectivity index (χ1) is 13.8. The number of phenols is 1. The highest BCUT2D eigenvalue weighted by Crippen LogP contribution is 2.40. The van der Waals surface area contributed by atoms with Crippen LogP contribution in [0.15, 0.2) is 54.6 Å². The van der Waals surface area contributed by atoms with Gasteiger partial charge in [0.2, 0.25) is 0 Å². The number of alkyl halides is 6. The molecule has 10 heteroatoms. The molecule has 6 N–H and O–H groups in total. The van der Waals surface area contributed by atoms with Gasteiger partial charge in [0, 0.05) is 23.0 Å². The maximum Gasteiger partial charge on any atom is 0.416 e. The smallest absolute Gasteiger partial charge is 0.416 e. The summed E-state index contributed by atoms with van der Waals surface area (Å²) < 4.78 is 78.1. The number of benzene rings is 3. The molecule has 0 atom stereocenters. The number of hydrogen-bond donors (Lipinski definition) is 4. The molecule has 0 spiro atoms. The van der Waals surface area contributed by atoms with Gasteiger partial charge < -0.3 is 21.9 Å². The molecule has 0 saturated carbocycles. The average Bonchev–Trinajstić information content (AvgIpc) is 2.63. The normalized spacial score (nSPS) is 12.1. The van der Waals surface area contributed by atoms with E-state index in [0.717, 1.165) is 6.07 Å². The Morgan fingerprint density at radius 2 is 1.27 bits per heavy atom. The fourth-order valence-electron chi connectivity index (χ4n) is 2.79. The van der Waals surface area contributed by atoms with E-state index in [0.29, 0.717) is 28.9 Å². The van der Waals surface area contributed by atoms with Crippen molar-refractivity contribution in [1.29, 1.82) is 0 Å². The van der Waals surface area contributed by atoms with Gasteiger partial charge in [-0.1, -0.05) is 12.1 Å². The Morgan fingerprint density at radius 3 is 1.77 bits per heavy atom. The van der Waals surface area contributed by atoms with Crippen LogP contribution in [-0.2, 0) is 12.4 Å². The van der Waals surface area contributed by atoms with Crippen molar-refractivity contribution in [1.82, 2.24) is 0 Å². The number of aromatic hydroxyl groups is 1. The predicted molar refractivity (Wildman–Crippen MR) is 102 cm³/mol. The van der Waals surface area contributed by atoms with Crippen molar-refractivity contribution < 1.29 is 31.4 Å². The van der Waals surface area contributed by atoms with Gasteiger partial charge >= 0.3 is 12.4 Å². The molecule has 0 radical (unpaired) electrons. The van der Waals surface area contributed by atoms with Crippen LogP contribution in [0.5, 0.6) is 5.75 Å². The van der Waals surface area contributed by atoms with E-state index in [9.17, 15) is 31.4 Å². The summed E-state index contributed by atoms with van der Waals surface area (Å²) in [5, 5.41) is 12.7. The van der Waals surface area contributed by atoms with Gasteiger partial charge in [-0.3, -0.25) is 0 Å². The topological polar surface area (TPSA) is 84.3 Å². The van der Waals surface area contributed by atoms with Crippen molar-refractivity contribution in [2.45, 2.75) is 12.4 Å². The molecule has 0 aliphatic rings. The third-order valence-electron chi connectivity index (χ3n) is 4.26. The lowest BCUT2D eigenvalue weighted by atomic mass is 10.0. The molecule has 30 heavy (non-hydrogen) atoms. The molecule has 0 unspecified atom stereocenters. The lowest BCUT2D eigenvalue weighted by Crippen LogP contribution is -2.11. The molecule has 3 aromatic rings. The Bertz CT molecular complexity index is 1040. The molecule has 0 amide bonds. The predicted octanol–water partition coefficient (Wildman–Crippen LogP) is 6.00. The summed E-state index contributed by atoms with van der Waals surface area (Å²) in [5.74, 6) is -0.278. The molecule has 0 aliphatic carbocycles. The van der Waals surface area contributed by atoms with Gasteiger partial charge in [-0.05, 0) is 42.0 Å². The number of rotatable bonds is 3. The molecule has 158 valence electrons. The summed E-state index contributed by atoms with van der Waals surface area (Å²) in [4.78, 5) is 0. The zero-order chi connectivity index (χ0) is 22.3. The van der Waals surface area contributed by atoms with E-state index in [-0.39, 0.29) is 23.2 Å². The standard InChI is InChI=1S/C20H15F6N3O/c21-19(22,23)11-5-12(20(24,25)26)7-14(6-11)29-17-9-18(30)15(8-16(17)28)10-1-3-13(27)4-2-10/h1-9,29-30H,27-28H2. The fourth-order valence-corrected chi connectivity index (χ4v) is 2.79. The number of nitrogens with one attached hydrogen (secondary N) is 1. The molecule has 0 aliphatic heterocycles. The van der Waals surface area contributed by atoms with E-state index in [1.54, 1.807) is 24.3 Å². The zero-order valence-corrected chi connectivity index (χ0v) is 15.1. The number of nitrogens with two attached hydrogens (primary N) is 2. The summed E-state index contributed by atoms with van der Waals surface area (Å²) >= 11 is 0. The van der Waals surface area contributed by atoms with Gasteiger partial charge in [0.25, 0.3) is 0 Å². The maximum atomic E-state index is 13.0. The molecule has 3 aromatic carbocycles. The van der Waals surface area contributed by atoms with Crippen molar-refractivity contribution in [3.63, 3.8) is 0 Å². The molecular formula is C20H15F6N3O. The molecule has 3 rings (SSSR count). The Hall–Kier alpha value is -3.56. The van der Waals surface area contributed by atoms with Gasteiger partial charge in [-0.2, -0.15) is 26.3 Å². The Labute approximate surface area is 166 Å². The van der Waals surface area contributed by atoms with Gasteiger partial charge in [-0.15, -0.1) is 0 Å². The van der Waals surface area contributed by atoms with Crippen molar-refractivity contribution >= 4 is 22.7 Å². The minimum absolute atomic E-state index is 0.00518. The van der Waals surface area contributed by atoms with E-state index in [4.69, 9.17) is 11.5 Å². The third kappa shape index (κ3) is 4.53. The van der Waals surface area contributed by atoms with E-state index >= 15 is 0 Å². The first-order valence-electron chi connectivity index (χ1n) is 8.39. The minimum atomic E-state index is -4.98. The molecule has 0 heterocycles. The maximum absolute atomic E-state index is 13.0. The summed E-state index contributed by atoms with van der Waals surface area (Å²) in [5.41, 5.74) is 9.43. The van der Waals surface area contributed by atoms with E-state index < -0.39 is 29.2 Å². The highest BCUT2D eigenvalue weighted by Gasteiger charge is 2.37. The quantitative estimate of drug-likeness (QED) is 0.235. The number of anilines is 4. The average molecular weight is 427 g/mol. The second-order valence-corrected chi connectivity index (χ2v) is 6.50. The van der Waals surface area contributed by atoms with Crippen LogP contribution in [-0.4, -0.2) is 5.11 Å². The molecule has 0 saturated heterocycles. The van der Waals surface area contributed by atoms with Crippen LogP contribution in [0.1, 0.15) is 11.1 Å². The first-order valence-corrected chi connectivity index (χ1v) is 8.39. The Kier molecular flexibility index (Phi) is 5.19. The van der Waals surface area contributed by atoms with Crippen LogP contribution >= 0.6 is 0 Å². The van der Waals surface area contributed by atoms with Gasteiger partial charge in [0.15, 0.2) is 0 Å². The second-order valence-electron chi connectivity index (χ2n) is 6.50. The van der Waals surface area contributed by atoms with Crippen molar-refractivity contribution in [3.05, 3.63) is 65.7 Å². The van der Waals surface area contributed by atoms with E-state index in [2.05, 4.69) is 5.32 Å². The van der Waals surface area contributed by atoms with Crippen LogP contribution in [0.2, 0.25) is 0 Å². The number of halogens is 6. The summed E-state index contributed by atoms with van der Waals surface area (Å²) in [7, 11) is 0. The van der Waals surface area contributed by atoms with E-state index in [1.807, 2.05) is 0 Å². The van der Waals surface area contributed by atoms with Crippen LogP contribution in [0, 0.1) is 0 Å². The number of hydrogen-bond acceptors (Lipinski definition) is 4. The van der Waals surface area contributed by atoms with Crippen LogP contribution in [0.4, 0.5) is 49.1 Å². The van der Waals surface area contributed by atoms with Gasteiger partial charge in [-0.25, -0.2) is 0 Å². The summed E-state index contributed by atoms with van der Waals surface area (Å²) in [6, 6.07) is 9.99. The van der Waals surface area contributed by atoms with E-state index in [1.165, 1.54) is 6.07 Å². The van der Waals surface area contributed by atoms with Crippen LogP contribution in [0.3, 0.4) is 0 Å². The first kappa shape index (κ1) is 21.2. The molecule has 0 bridgehead atoms. The number of nitrogen functional groups attached to an aromatic ring is 2. The fraction of sp³-hybridized carbons (Fsp3) is 0.100. The number of phenolic OH excluding ortho intramolecular Hbond substituents is 1. The molecule has 0 aromatic heterocycles. The Balaban J connectivity index is 2.02. The monoisotopic (exact) mass is 427 g/mol. The largest absolute Gasteiger partial charge is 0.507 e. The summed E-state index contributed by atoms with van der Waals surface area (Å²) in [6.07, 6.45) is -9.96. The molecule has 0 fully saturated rings. The second kappa shape index (κ2) is 7.36. The highest BCUT2D eigenvalue weighted by molar-refractivity contribution is 5.83. The van der Waals surface area contributed by atoms with Gasteiger partial charge in [0.05, 0.1) is 22.5 Å². The lowest BCUT2D eigenvalue weighted by Gasteiger charge is -2.17. The molecule has 4 nitrogen and oxygen atoms in total. The minimum Gasteiger partial charge on any atom is -0.507 e. The van der Waals surface area contributed by atoms with Crippen LogP contribution in [0.25, 0.3) is 11.1 Å². The van der Waals surface area contributed by atoms with Crippen molar-refractivity contribution in [3.8, 4) is 16.9 Å². The van der Waals surface area contributed by atoms with Crippen molar-refractivity contribution in [2.75, 3.05) is 16.8 Å². The van der Waals surface area contributed by atoms with Crippen LogP contribution < -0.4 is 16.8 Å². The SMILES string of the molecule is Nc1ccc(-c2cc(N)c(Nc3cc(C(F)(F)F)cc(C(F)(F)F)c3)cc2O)cc1. The highest BCUT2D eigenvalue weighted by atomic mass is 19.4. The molecular weight excluding hydrogens is 412 g/mol. The third-order valence-corrected chi connectivity index (χ3v) is 4.26. The summed E-state index contributed by atoms with van der Waals surface area (Å²) in [6.45, 7) is 0. The Morgan fingerprint density at radius 1 is 0.733 bits per heavy atom. The lowest BCUT2D eigenvalue weighted by molar-refractivity contribution is -0.143.